The molecule has 0 aliphatic carbocycles. The van der Waals surface area contributed by atoms with Gasteiger partial charge >= 0.3 is 0 Å². The molecule has 3 aliphatic heterocycles. The minimum atomic E-state index is -0.376. The number of amides is 1. The summed E-state index contributed by atoms with van der Waals surface area (Å²) in [7, 11) is 1.94. The number of aliphatic hydroxyl groups is 1. The summed E-state index contributed by atoms with van der Waals surface area (Å²) in [5.41, 5.74) is 3.22. The van der Waals surface area contributed by atoms with Gasteiger partial charge in [-0.1, -0.05) is 12.1 Å². The van der Waals surface area contributed by atoms with E-state index in [0.29, 0.717) is 17.9 Å². The highest BCUT2D eigenvalue weighted by Gasteiger charge is 2.32. The lowest BCUT2D eigenvalue weighted by atomic mass is 10.1. The molecule has 1 aromatic heterocycles. The van der Waals surface area contributed by atoms with Crippen molar-refractivity contribution in [2.45, 2.75) is 32.2 Å². The number of piperidine rings is 1. The number of rotatable bonds is 4. The first kappa shape index (κ1) is 21.3. The number of para-hydroxylation sites is 1. The molecule has 1 atom stereocenters. The smallest absolute Gasteiger partial charge is 0.260 e. The summed E-state index contributed by atoms with van der Waals surface area (Å²) in [5, 5.41) is 16.5. The lowest BCUT2D eigenvalue weighted by Gasteiger charge is -2.35. The number of aliphatic hydroxyl groups excluding tert-OH is 1. The van der Waals surface area contributed by atoms with E-state index in [1.165, 1.54) is 0 Å². The van der Waals surface area contributed by atoms with Crippen LogP contribution in [0.2, 0.25) is 0 Å². The zero-order chi connectivity index (χ0) is 22.9. The number of nitrogens with one attached hydrogen (secondary N) is 2. The molecular weight excluding hydrogens is 418 g/mol. The van der Waals surface area contributed by atoms with Crippen molar-refractivity contribution in [2.24, 2.45) is 4.99 Å². The molecule has 0 saturated carbocycles. The Morgan fingerprint density at radius 3 is 2.70 bits per heavy atom. The Hall–Kier alpha value is -3.59. The molecule has 5 rings (SSSR count). The van der Waals surface area contributed by atoms with Gasteiger partial charge in [-0.2, -0.15) is 0 Å². The quantitative estimate of drug-likeness (QED) is 0.663. The van der Waals surface area contributed by atoms with E-state index in [4.69, 9.17) is 0 Å². The van der Waals surface area contributed by atoms with E-state index in [1.807, 2.05) is 61.5 Å². The number of hydrogen-bond acceptors (Lipinski definition) is 8. The Morgan fingerprint density at radius 1 is 1.18 bits per heavy atom. The highest BCUT2D eigenvalue weighted by molar-refractivity contribution is 6.05. The largest absolute Gasteiger partial charge is 0.393 e. The van der Waals surface area contributed by atoms with Crippen LogP contribution < -0.4 is 15.5 Å². The van der Waals surface area contributed by atoms with Gasteiger partial charge in [-0.25, -0.2) is 9.98 Å². The second-order valence-electron chi connectivity index (χ2n) is 8.48. The summed E-state index contributed by atoms with van der Waals surface area (Å²) in [5.74, 6) is 1.48. The predicted octanol–water partition coefficient (Wildman–Crippen LogP) is 2.51. The molecular formula is C24H29N7O2. The Bertz CT molecular complexity index is 1090. The van der Waals surface area contributed by atoms with Crippen LogP contribution in [0.3, 0.4) is 0 Å². The average molecular weight is 448 g/mol. The molecule has 2 aromatic rings. The van der Waals surface area contributed by atoms with Crippen LogP contribution in [0, 0.1) is 0 Å². The first-order valence-corrected chi connectivity index (χ1v) is 11.4. The lowest BCUT2D eigenvalue weighted by molar-refractivity contribution is 0.0818. The molecule has 33 heavy (non-hydrogen) atoms. The van der Waals surface area contributed by atoms with Crippen LogP contribution in [-0.2, 0) is 0 Å². The molecule has 9 nitrogen and oxygen atoms in total. The number of aliphatic imine (C=N–C) groups is 1. The third kappa shape index (κ3) is 4.00. The number of carbonyl (C=O) groups excluding carboxylic acids is 1. The number of hydrogen-bond donors (Lipinski definition) is 3. The van der Waals surface area contributed by atoms with Crippen molar-refractivity contribution in [3.63, 3.8) is 0 Å². The Balaban J connectivity index is 1.34. The van der Waals surface area contributed by atoms with Gasteiger partial charge < -0.3 is 30.4 Å². The summed E-state index contributed by atoms with van der Waals surface area (Å²) in [4.78, 5) is 28.3. The maximum absolute atomic E-state index is 13.1. The SMILES string of the molecule is CCN1C(=O)c2ccccc2NC2=C1C=NC(Nc1ccc(N3CCC(O)CC3)cn1)N2C. The van der Waals surface area contributed by atoms with Crippen molar-refractivity contribution < 1.29 is 9.90 Å². The molecule has 172 valence electrons. The van der Waals surface area contributed by atoms with E-state index >= 15 is 0 Å². The van der Waals surface area contributed by atoms with Gasteiger partial charge in [0.15, 0.2) is 6.29 Å². The highest BCUT2D eigenvalue weighted by Crippen LogP contribution is 2.30. The van der Waals surface area contributed by atoms with Crippen molar-refractivity contribution in [3.8, 4) is 0 Å². The normalized spacial score (nSPS) is 20.9. The third-order valence-electron chi connectivity index (χ3n) is 6.42. The Morgan fingerprint density at radius 2 is 1.97 bits per heavy atom. The van der Waals surface area contributed by atoms with Gasteiger partial charge in [0.1, 0.15) is 17.3 Å². The van der Waals surface area contributed by atoms with Crippen LogP contribution in [0.25, 0.3) is 0 Å². The number of fused-ring (bicyclic) bond motifs is 1. The van der Waals surface area contributed by atoms with Gasteiger partial charge in [-0.3, -0.25) is 4.79 Å². The van der Waals surface area contributed by atoms with Gasteiger partial charge in [0.2, 0.25) is 0 Å². The first-order chi connectivity index (χ1) is 16.0. The average Bonchev–Trinajstić information content (AvgIpc) is 2.96. The van der Waals surface area contributed by atoms with Gasteiger partial charge in [0.25, 0.3) is 5.91 Å². The molecule has 1 unspecified atom stereocenters. The van der Waals surface area contributed by atoms with Gasteiger partial charge in [0, 0.05) is 26.7 Å². The summed E-state index contributed by atoms with van der Waals surface area (Å²) in [6, 6.07) is 11.5. The maximum Gasteiger partial charge on any atom is 0.260 e. The Kier molecular flexibility index (Phi) is 5.63. The van der Waals surface area contributed by atoms with Crippen molar-refractivity contribution in [1.82, 2.24) is 14.8 Å². The second kappa shape index (κ2) is 8.74. The fourth-order valence-electron chi connectivity index (χ4n) is 4.48. The molecule has 4 heterocycles. The standard InChI is InChI=1S/C24H29N7O2/c1-3-31-20-15-26-24(29(2)22(20)27-19-7-5-4-6-18(19)23(31)33)28-21-9-8-16(14-25-21)30-12-10-17(32)11-13-30/h4-9,14-15,17,24,27,32H,3,10-13H2,1-2H3,(H,25,28). The van der Waals surface area contributed by atoms with Gasteiger partial charge in [-0.05, 0) is 44.0 Å². The van der Waals surface area contributed by atoms with Crippen LogP contribution in [0.15, 0.2) is 59.1 Å². The second-order valence-corrected chi connectivity index (χ2v) is 8.48. The monoisotopic (exact) mass is 447 g/mol. The summed E-state index contributed by atoms with van der Waals surface area (Å²) < 4.78 is 0. The molecule has 3 N–H and O–H groups in total. The topological polar surface area (TPSA) is 96.3 Å². The van der Waals surface area contributed by atoms with Crippen LogP contribution in [0.4, 0.5) is 17.2 Å². The fourth-order valence-corrected chi connectivity index (χ4v) is 4.48. The minimum Gasteiger partial charge on any atom is -0.393 e. The molecule has 1 fully saturated rings. The number of nitrogens with zero attached hydrogens (tertiary/aromatic N) is 5. The number of anilines is 3. The number of aromatic nitrogens is 1. The third-order valence-corrected chi connectivity index (χ3v) is 6.42. The van der Waals surface area contributed by atoms with E-state index in [9.17, 15) is 9.90 Å². The van der Waals surface area contributed by atoms with Crippen molar-refractivity contribution in [2.75, 3.05) is 42.2 Å². The highest BCUT2D eigenvalue weighted by atomic mass is 16.3. The van der Waals surface area contributed by atoms with Crippen LogP contribution in [0.5, 0.6) is 0 Å². The maximum atomic E-state index is 13.1. The predicted molar refractivity (Wildman–Crippen MR) is 129 cm³/mol. The van der Waals surface area contributed by atoms with E-state index in [1.54, 1.807) is 11.1 Å². The van der Waals surface area contributed by atoms with E-state index in [2.05, 4.69) is 25.5 Å². The molecule has 0 bridgehead atoms. The molecule has 1 aromatic carbocycles. The lowest BCUT2D eigenvalue weighted by Crippen LogP contribution is -2.44. The van der Waals surface area contributed by atoms with Crippen LogP contribution in [0.1, 0.15) is 30.1 Å². The number of pyridine rings is 1. The number of allylic oxidation sites excluding steroid dienone is 1. The summed E-state index contributed by atoms with van der Waals surface area (Å²) in [6.07, 6.45) is 4.60. The van der Waals surface area contributed by atoms with Crippen molar-refractivity contribution in [3.05, 3.63) is 59.7 Å². The summed E-state index contributed by atoms with van der Waals surface area (Å²) in [6.45, 7) is 4.18. The number of carbonyl (C=O) groups is 1. The van der Waals surface area contributed by atoms with Crippen LogP contribution in [-0.4, -0.2) is 71.1 Å². The molecule has 1 saturated heterocycles. The minimum absolute atomic E-state index is 0.0423. The zero-order valence-corrected chi connectivity index (χ0v) is 18.9. The molecule has 9 heteroatoms. The first-order valence-electron chi connectivity index (χ1n) is 11.4. The van der Waals surface area contributed by atoms with Gasteiger partial charge in [-0.15, -0.1) is 0 Å². The zero-order valence-electron chi connectivity index (χ0n) is 18.9. The number of benzene rings is 1. The van der Waals surface area contributed by atoms with Gasteiger partial charge in [0.05, 0.1) is 35.5 Å². The molecule has 0 radical (unpaired) electrons. The Labute approximate surface area is 193 Å². The van der Waals surface area contributed by atoms with Crippen LogP contribution >= 0.6 is 0 Å². The molecule has 3 aliphatic rings. The fraction of sp³-hybridized carbons (Fsp3) is 0.375. The van der Waals surface area contributed by atoms with E-state index in [0.717, 1.165) is 48.8 Å². The van der Waals surface area contributed by atoms with E-state index in [-0.39, 0.29) is 18.3 Å². The van der Waals surface area contributed by atoms with Crippen molar-refractivity contribution >= 4 is 29.3 Å². The molecule has 1 amide bonds. The van der Waals surface area contributed by atoms with E-state index < -0.39 is 0 Å². The molecule has 0 spiro atoms. The van der Waals surface area contributed by atoms with Crippen molar-refractivity contribution in [1.29, 1.82) is 0 Å². The summed E-state index contributed by atoms with van der Waals surface area (Å²) >= 11 is 0.